The molecule has 1 N–H and O–H groups in total. The van der Waals surface area contributed by atoms with Crippen LogP contribution >= 0.6 is 11.8 Å². The van der Waals surface area contributed by atoms with E-state index in [1.807, 2.05) is 6.26 Å². The van der Waals surface area contributed by atoms with Gasteiger partial charge >= 0.3 is 0 Å². The molecule has 0 aliphatic carbocycles. The van der Waals surface area contributed by atoms with Gasteiger partial charge in [-0.1, -0.05) is 6.92 Å². The summed E-state index contributed by atoms with van der Waals surface area (Å²) in [5, 5.41) is 3.35. The Kier molecular flexibility index (Phi) is 4.81. The lowest BCUT2D eigenvalue weighted by Gasteiger charge is -2.09. The van der Waals surface area contributed by atoms with E-state index < -0.39 is 11.6 Å². The van der Waals surface area contributed by atoms with E-state index in [1.165, 1.54) is 0 Å². The molecule has 1 heterocycles. The molecular formula is C10H14F2N2S. The molecule has 15 heavy (non-hydrogen) atoms. The zero-order valence-electron chi connectivity index (χ0n) is 8.76. The van der Waals surface area contributed by atoms with Gasteiger partial charge in [0.2, 0.25) is 0 Å². The fourth-order valence-corrected chi connectivity index (χ4v) is 1.41. The second kappa shape index (κ2) is 5.90. The number of hydrogen-bond acceptors (Lipinski definition) is 3. The molecule has 0 spiro atoms. The van der Waals surface area contributed by atoms with Gasteiger partial charge in [0.15, 0.2) is 11.6 Å². The molecule has 0 fully saturated rings. The molecule has 84 valence electrons. The molecule has 0 aliphatic heterocycles. The van der Waals surface area contributed by atoms with Crippen LogP contribution in [0.15, 0.2) is 12.3 Å². The molecule has 2 nitrogen and oxygen atoms in total. The van der Waals surface area contributed by atoms with Crippen LogP contribution in [-0.4, -0.2) is 23.0 Å². The highest BCUT2D eigenvalue weighted by Crippen LogP contribution is 2.13. The summed E-state index contributed by atoms with van der Waals surface area (Å²) in [6, 6.07) is 0.827. The molecule has 1 aromatic rings. The third kappa shape index (κ3) is 4.03. The van der Waals surface area contributed by atoms with Gasteiger partial charge in [-0.3, -0.25) is 0 Å². The largest absolute Gasteiger partial charge is 0.368 e. The number of nitrogens with one attached hydrogen (secondary N) is 1. The van der Waals surface area contributed by atoms with Crippen LogP contribution in [0.2, 0.25) is 0 Å². The Morgan fingerprint density at radius 3 is 2.87 bits per heavy atom. The van der Waals surface area contributed by atoms with E-state index in [1.54, 1.807) is 11.8 Å². The van der Waals surface area contributed by atoms with Crippen molar-refractivity contribution in [3.8, 4) is 0 Å². The van der Waals surface area contributed by atoms with Crippen molar-refractivity contribution in [2.45, 2.75) is 18.6 Å². The van der Waals surface area contributed by atoms with E-state index in [4.69, 9.17) is 0 Å². The summed E-state index contributed by atoms with van der Waals surface area (Å²) in [5.74, 6) is -1.19. The first-order valence-electron chi connectivity index (χ1n) is 4.71. The number of aromatic nitrogens is 1. The predicted molar refractivity (Wildman–Crippen MR) is 60.2 cm³/mol. The van der Waals surface area contributed by atoms with Crippen LogP contribution in [0.4, 0.5) is 14.6 Å². The SMILES string of the molecule is CSC(C)CCNc1ncc(F)cc1F. The van der Waals surface area contributed by atoms with Crippen molar-refractivity contribution in [2.24, 2.45) is 0 Å². The molecule has 1 atom stereocenters. The van der Waals surface area contributed by atoms with E-state index in [-0.39, 0.29) is 5.82 Å². The van der Waals surface area contributed by atoms with Gasteiger partial charge in [0, 0.05) is 17.9 Å². The highest BCUT2D eigenvalue weighted by atomic mass is 32.2. The number of halogens is 2. The Bertz CT molecular complexity index is 320. The number of anilines is 1. The van der Waals surface area contributed by atoms with Gasteiger partial charge in [0.25, 0.3) is 0 Å². The second-order valence-corrected chi connectivity index (χ2v) is 4.52. The fraction of sp³-hybridized carbons (Fsp3) is 0.500. The van der Waals surface area contributed by atoms with Crippen molar-refractivity contribution >= 4 is 17.6 Å². The molecule has 0 saturated heterocycles. The summed E-state index contributed by atoms with van der Waals surface area (Å²) < 4.78 is 25.6. The number of nitrogens with zero attached hydrogens (tertiary/aromatic N) is 1. The zero-order chi connectivity index (χ0) is 11.3. The van der Waals surface area contributed by atoms with Gasteiger partial charge in [-0.2, -0.15) is 11.8 Å². The summed E-state index contributed by atoms with van der Waals surface area (Å²) in [5.41, 5.74) is 0. The fourth-order valence-electron chi connectivity index (χ4n) is 1.06. The van der Waals surface area contributed by atoms with Crippen LogP contribution in [0.3, 0.4) is 0 Å². The minimum atomic E-state index is -0.657. The van der Waals surface area contributed by atoms with Gasteiger partial charge < -0.3 is 5.32 Å². The highest BCUT2D eigenvalue weighted by Gasteiger charge is 2.05. The lowest BCUT2D eigenvalue weighted by Crippen LogP contribution is -2.10. The molecule has 1 unspecified atom stereocenters. The van der Waals surface area contributed by atoms with Gasteiger partial charge in [0.05, 0.1) is 6.20 Å². The summed E-state index contributed by atoms with van der Waals surface area (Å²) in [4.78, 5) is 3.63. The Morgan fingerprint density at radius 2 is 2.27 bits per heavy atom. The number of pyridine rings is 1. The van der Waals surface area contributed by atoms with Crippen molar-refractivity contribution in [1.29, 1.82) is 0 Å². The maximum absolute atomic E-state index is 13.1. The minimum Gasteiger partial charge on any atom is -0.368 e. The Labute approximate surface area is 92.5 Å². The van der Waals surface area contributed by atoms with Crippen molar-refractivity contribution in [3.63, 3.8) is 0 Å². The second-order valence-electron chi connectivity index (χ2n) is 3.25. The zero-order valence-corrected chi connectivity index (χ0v) is 9.57. The maximum atomic E-state index is 13.1. The molecule has 0 radical (unpaired) electrons. The van der Waals surface area contributed by atoms with Crippen molar-refractivity contribution in [2.75, 3.05) is 18.1 Å². The Hall–Kier alpha value is -0.840. The van der Waals surface area contributed by atoms with Crippen molar-refractivity contribution < 1.29 is 8.78 Å². The summed E-state index contributed by atoms with van der Waals surface area (Å²) in [6.45, 7) is 2.73. The smallest absolute Gasteiger partial charge is 0.168 e. The maximum Gasteiger partial charge on any atom is 0.168 e. The van der Waals surface area contributed by atoms with E-state index in [9.17, 15) is 8.78 Å². The summed E-state index contributed by atoms with van der Waals surface area (Å²) in [6.07, 6.45) is 3.95. The van der Waals surface area contributed by atoms with Crippen LogP contribution in [0.1, 0.15) is 13.3 Å². The first kappa shape index (κ1) is 12.2. The lowest BCUT2D eigenvalue weighted by atomic mass is 10.3. The van der Waals surface area contributed by atoms with Crippen LogP contribution < -0.4 is 5.32 Å². The van der Waals surface area contributed by atoms with Crippen molar-refractivity contribution in [3.05, 3.63) is 23.9 Å². The summed E-state index contributed by atoms with van der Waals surface area (Å²) >= 11 is 1.75. The Balaban J connectivity index is 2.44. The first-order valence-corrected chi connectivity index (χ1v) is 6.00. The monoisotopic (exact) mass is 232 g/mol. The van der Waals surface area contributed by atoms with Crippen LogP contribution in [-0.2, 0) is 0 Å². The number of thioether (sulfide) groups is 1. The predicted octanol–water partition coefficient (Wildman–Crippen LogP) is 2.91. The molecule has 1 aromatic heterocycles. The van der Waals surface area contributed by atoms with Gasteiger partial charge in [0.1, 0.15) is 5.82 Å². The molecular weight excluding hydrogens is 218 g/mol. The average molecular weight is 232 g/mol. The van der Waals surface area contributed by atoms with Crippen molar-refractivity contribution in [1.82, 2.24) is 4.98 Å². The number of rotatable bonds is 5. The van der Waals surface area contributed by atoms with Crippen LogP contribution in [0, 0.1) is 11.6 Å². The highest BCUT2D eigenvalue weighted by molar-refractivity contribution is 7.99. The molecule has 0 aromatic carbocycles. The first-order chi connectivity index (χ1) is 7.13. The molecule has 0 amide bonds. The quantitative estimate of drug-likeness (QED) is 0.845. The Morgan fingerprint density at radius 1 is 1.53 bits per heavy atom. The molecule has 0 bridgehead atoms. The van der Waals surface area contributed by atoms with Crippen LogP contribution in [0.25, 0.3) is 0 Å². The van der Waals surface area contributed by atoms with E-state index >= 15 is 0 Å². The molecule has 0 aliphatic rings. The normalized spacial score (nSPS) is 12.5. The minimum absolute atomic E-state index is 0.115. The van der Waals surface area contributed by atoms with Gasteiger partial charge in [-0.15, -0.1) is 0 Å². The van der Waals surface area contributed by atoms with Crippen LogP contribution in [0.5, 0.6) is 0 Å². The third-order valence-corrected chi connectivity index (χ3v) is 3.09. The molecule has 5 heteroatoms. The van der Waals surface area contributed by atoms with Gasteiger partial charge in [-0.25, -0.2) is 13.8 Å². The topological polar surface area (TPSA) is 24.9 Å². The number of hydrogen-bond donors (Lipinski definition) is 1. The van der Waals surface area contributed by atoms with E-state index in [2.05, 4.69) is 17.2 Å². The van der Waals surface area contributed by atoms with Gasteiger partial charge in [-0.05, 0) is 12.7 Å². The lowest BCUT2D eigenvalue weighted by molar-refractivity contribution is 0.575. The molecule has 1 rings (SSSR count). The standard InChI is InChI=1S/C10H14F2N2S/c1-7(15-2)3-4-13-10-9(12)5-8(11)6-14-10/h5-7H,3-4H2,1-2H3,(H,13,14). The third-order valence-electron chi connectivity index (χ3n) is 2.05. The molecule has 0 saturated carbocycles. The summed E-state index contributed by atoms with van der Waals surface area (Å²) in [7, 11) is 0. The van der Waals surface area contributed by atoms with E-state index in [0.717, 1.165) is 18.7 Å². The van der Waals surface area contributed by atoms with E-state index in [0.29, 0.717) is 11.8 Å². The average Bonchev–Trinajstić information content (AvgIpc) is 2.21.